The van der Waals surface area contributed by atoms with Gasteiger partial charge < -0.3 is 25.4 Å². The molecule has 6 rings (SSSR count). The van der Waals surface area contributed by atoms with Crippen molar-refractivity contribution in [1.29, 1.82) is 0 Å². The number of benzene rings is 1. The van der Waals surface area contributed by atoms with E-state index in [0.717, 1.165) is 18.3 Å². The van der Waals surface area contributed by atoms with Gasteiger partial charge >= 0.3 is 6.18 Å². The van der Waals surface area contributed by atoms with E-state index in [2.05, 4.69) is 15.3 Å². The van der Waals surface area contributed by atoms with Gasteiger partial charge in [-0.1, -0.05) is 23.7 Å². The maximum Gasteiger partial charge on any atom is 0.416 e. The lowest BCUT2D eigenvalue weighted by molar-refractivity contribution is -0.175. The van der Waals surface area contributed by atoms with Gasteiger partial charge in [0.1, 0.15) is 39.9 Å². The lowest BCUT2D eigenvalue weighted by Gasteiger charge is -2.42. The van der Waals surface area contributed by atoms with Crippen LogP contribution in [0, 0.1) is 5.41 Å². The number of pyridine rings is 1. The average molecular weight is 616 g/mol. The number of amides is 2. The molecule has 3 aromatic heterocycles. The zero-order valence-corrected chi connectivity index (χ0v) is 23.4. The molecule has 43 heavy (non-hydrogen) atoms. The minimum atomic E-state index is -4.57. The molecule has 2 fully saturated rings. The zero-order chi connectivity index (χ0) is 30.5. The molecule has 0 unspecified atom stereocenters. The van der Waals surface area contributed by atoms with Crippen molar-refractivity contribution in [2.75, 3.05) is 44.0 Å². The lowest BCUT2D eigenvalue weighted by atomic mass is 9.86. The predicted molar refractivity (Wildman–Crippen MR) is 149 cm³/mol. The first-order chi connectivity index (χ1) is 20.4. The highest BCUT2D eigenvalue weighted by Crippen LogP contribution is 2.36. The van der Waals surface area contributed by atoms with Crippen molar-refractivity contribution < 1.29 is 32.2 Å². The molecule has 3 N–H and O–H groups in total. The summed E-state index contributed by atoms with van der Waals surface area (Å²) in [5, 5.41) is 2.61. The van der Waals surface area contributed by atoms with E-state index in [4.69, 9.17) is 31.8 Å². The summed E-state index contributed by atoms with van der Waals surface area (Å²) in [5.41, 5.74) is 6.34. The number of halogens is 4. The molecular formula is C28H25ClF3N7O4. The normalized spacial score (nSPS) is 18.3. The van der Waals surface area contributed by atoms with Gasteiger partial charge in [-0.3, -0.25) is 14.0 Å². The van der Waals surface area contributed by atoms with Crippen molar-refractivity contribution >= 4 is 40.6 Å². The maximum absolute atomic E-state index is 13.2. The lowest BCUT2D eigenvalue weighted by Crippen LogP contribution is -2.56. The highest BCUT2D eigenvalue weighted by molar-refractivity contribution is 6.30. The maximum atomic E-state index is 13.2. The Labute approximate surface area is 247 Å². The monoisotopic (exact) mass is 615 g/mol. The highest BCUT2D eigenvalue weighted by atomic mass is 35.5. The van der Waals surface area contributed by atoms with Crippen LogP contribution in [0.5, 0.6) is 0 Å². The highest BCUT2D eigenvalue weighted by Gasteiger charge is 2.45. The molecule has 0 bridgehead atoms. The summed E-state index contributed by atoms with van der Waals surface area (Å²) in [7, 11) is 0. The average Bonchev–Trinajstić information content (AvgIpc) is 3.39. The summed E-state index contributed by atoms with van der Waals surface area (Å²) in [5.74, 6) is -0.327. The van der Waals surface area contributed by atoms with Gasteiger partial charge in [0, 0.05) is 23.9 Å². The van der Waals surface area contributed by atoms with Gasteiger partial charge in [0.05, 0.1) is 43.5 Å². The van der Waals surface area contributed by atoms with Crippen molar-refractivity contribution in [1.82, 2.24) is 24.3 Å². The van der Waals surface area contributed by atoms with Crippen molar-refractivity contribution in [2.45, 2.75) is 19.2 Å². The summed E-state index contributed by atoms with van der Waals surface area (Å²) in [4.78, 5) is 40.5. The van der Waals surface area contributed by atoms with E-state index in [0.29, 0.717) is 49.0 Å². The van der Waals surface area contributed by atoms with Gasteiger partial charge in [-0.15, -0.1) is 0 Å². The van der Waals surface area contributed by atoms with E-state index in [-0.39, 0.29) is 34.8 Å². The summed E-state index contributed by atoms with van der Waals surface area (Å²) in [6.45, 7) is 3.56. The van der Waals surface area contributed by atoms with Crippen LogP contribution in [0.4, 0.5) is 24.8 Å². The van der Waals surface area contributed by atoms with E-state index in [9.17, 15) is 22.8 Å². The number of imidazole rings is 1. The number of nitrogens with one attached hydrogen (secondary N) is 1. The fraction of sp³-hybridized carbons (Fsp3) is 0.321. The van der Waals surface area contributed by atoms with Gasteiger partial charge in [-0.2, -0.15) is 13.2 Å². The molecule has 0 saturated carbocycles. The van der Waals surface area contributed by atoms with Crippen LogP contribution in [0.1, 0.15) is 34.8 Å². The summed E-state index contributed by atoms with van der Waals surface area (Å²) in [6, 6.07) is 7.81. The Kier molecular flexibility index (Phi) is 7.22. The van der Waals surface area contributed by atoms with Gasteiger partial charge in [0.15, 0.2) is 0 Å². The van der Waals surface area contributed by atoms with Crippen molar-refractivity contribution in [2.24, 2.45) is 5.41 Å². The Hall–Kier alpha value is -4.27. The number of nitrogens with two attached hydrogens (primary N) is 1. The molecular weight excluding hydrogens is 591 g/mol. The molecule has 0 spiro atoms. The number of rotatable bonds is 5. The molecule has 2 aliphatic heterocycles. The zero-order valence-electron chi connectivity index (χ0n) is 22.7. The van der Waals surface area contributed by atoms with Crippen LogP contribution in [0.25, 0.3) is 16.8 Å². The van der Waals surface area contributed by atoms with Crippen LogP contribution in [0.2, 0.25) is 5.15 Å². The van der Waals surface area contributed by atoms with E-state index >= 15 is 0 Å². The molecule has 2 aliphatic rings. The number of carbonyl (C=O) groups excluding carboxylic acids is 2. The smallest absolute Gasteiger partial charge is 0.382 e. The number of carbonyl (C=O) groups is 2. The summed E-state index contributed by atoms with van der Waals surface area (Å²) in [6.07, 6.45) is -2.82. The second kappa shape index (κ2) is 10.8. The topological polar surface area (TPSA) is 137 Å². The fourth-order valence-electron chi connectivity index (χ4n) is 5.10. The Morgan fingerprint density at radius 3 is 2.58 bits per heavy atom. The van der Waals surface area contributed by atoms with Crippen molar-refractivity contribution in [3.8, 4) is 11.3 Å². The largest absolute Gasteiger partial charge is 0.416 e. The molecule has 11 nitrogen and oxygen atoms in total. The first kappa shape index (κ1) is 28.8. The van der Waals surface area contributed by atoms with Gasteiger partial charge in [0.25, 0.3) is 5.91 Å². The molecule has 15 heteroatoms. The molecule has 2 amide bonds. The molecule has 224 valence electrons. The summed E-state index contributed by atoms with van der Waals surface area (Å²) >= 11 is 6.56. The Balaban J connectivity index is 1.29. The third-order valence-corrected chi connectivity index (χ3v) is 7.68. The minimum absolute atomic E-state index is 0.0189. The van der Waals surface area contributed by atoms with Crippen LogP contribution in [0.3, 0.4) is 0 Å². The number of anilines is 2. The van der Waals surface area contributed by atoms with Crippen molar-refractivity contribution in [3.05, 3.63) is 70.9 Å². The number of alkyl halides is 3. The number of nitrogens with zero attached hydrogens (tertiary/aromatic N) is 5. The quantitative estimate of drug-likeness (QED) is 0.340. The number of ether oxygens (including phenoxy) is 2. The van der Waals surface area contributed by atoms with Crippen LogP contribution in [-0.4, -0.2) is 69.0 Å². The molecule has 0 aliphatic carbocycles. The SMILES string of the molecule is CC1(C(=O)N2CCO[C@@H](c3nc(-c4ccc(C(=O)Nc5cc(C(F)(F)F)ccn5)cc4)c4c(N)ncc(Cl)n34)C2)COC1. The van der Waals surface area contributed by atoms with Crippen LogP contribution in [0.15, 0.2) is 48.8 Å². The standard InChI is InChI=1S/C28H25ClF3N7O4/c1-27(13-42-14-27)26(41)38-8-9-43-18(12-38)24-37-21(22-23(33)35-11-19(29)39(22)24)15-2-4-16(5-3-15)25(40)36-20-10-17(6-7-34-20)28(30,31)32/h2-7,10-11,18H,8-9,12-14H2,1H3,(H2,33,35)(H,34,36,40)/t18-/m1/s1. The molecule has 1 atom stereocenters. The van der Waals surface area contributed by atoms with Gasteiger partial charge in [-0.05, 0) is 31.2 Å². The Morgan fingerprint density at radius 1 is 1.16 bits per heavy atom. The molecule has 4 aromatic rings. The predicted octanol–water partition coefficient (Wildman–Crippen LogP) is 4.23. The first-order valence-corrected chi connectivity index (χ1v) is 13.6. The minimum Gasteiger partial charge on any atom is -0.382 e. The molecule has 5 heterocycles. The second-order valence-corrected chi connectivity index (χ2v) is 11.0. The Bertz CT molecular complexity index is 1720. The number of fused-ring (bicyclic) bond motifs is 1. The van der Waals surface area contributed by atoms with Crippen LogP contribution < -0.4 is 11.1 Å². The number of morpholine rings is 1. The van der Waals surface area contributed by atoms with E-state index in [1.54, 1.807) is 21.4 Å². The third kappa shape index (κ3) is 5.37. The second-order valence-electron chi connectivity index (χ2n) is 10.6. The summed E-state index contributed by atoms with van der Waals surface area (Å²) < 4.78 is 52.1. The fourth-order valence-corrected chi connectivity index (χ4v) is 5.32. The van der Waals surface area contributed by atoms with E-state index in [1.165, 1.54) is 18.3 Å². The van der Waals surface area contributed by atoms with E-state index < -0.39 is 29.2 Å². The molecule has 0 radical (unpaired) electrons. The molecule has 1 aromatic carbocycles. The third-order valence-electron chi connectivity index (χ3n) is 7.42. The number of hydrogen-bond donors (Lipinski definition) is 2. The number of aromatic nitrogens is 4. The van der Waals surface area contributed by atoms with Gasteiger partial charge in [0.2, 0.25) is 5.91 Å². The van der Waals surface area contributed by atoms with Crippen molar-refractivity contribution in [3.63, 3.8) is 0 Å². The number of hydrogen-bond acceptors (Lipinski definition) is 8. The first-order valence-electron chi connectivity index (χ1n) is 13.2. The van der Waals surface area contributed by atoms with E-state index in [1.807, 2.05) is 6.92 Å². The van der Waals surface area contributed by atoms with Gasteiger partial charge in [-0.25, -0.2) is 15.0 Å². The van der Waals surface area contributed by atoms with Crippen LogP contribution in [-0.2, 0) is 20.4 Å². The molecule has 2 saturated heterocycles. The Morgan fingerprint density at radius 2 is 1.91 bits per heavy atom. The number of nitrogen functional groups attached to an aromatic ring is 1. The van der Waals surface area contributed by atoms with Crippen LogP contribution >= 0.6 is 11.6 Å².